The van der Waals surface area contributed by atoms with Crippen molar-refractivity contribution >= 4 is 107 Å². The molecular formula is C60H40N2S2. The Morgan fingerprint density at radius 3 is 1.19 bits per heavy atom. The maximum absolute atomic E-state index is 2.67. The number of rotatable bonds is 6. The Kier molecular flexibility index (Phi) is 7.72. The average molecular weight is 853 g/mol. The molecule has 14 rings (SSSR count). The number of thiophene rings is 2. The van der Waals surface area contributed by atoms with Crippen LogP contribution in [0, 0.1) is 0 Å². The van der Waals surface area contributed by atoms with Crippen LogP contribution in [0.4, 0.5) is 0 Å². The number of nitrogens with zero attached hydrogens (tertiary/aromatic N) is 2. The monoisotopic (exact) mass is 852 g/mol. The van der Waals surface area contributed by atoms with E-state index in [0.29, 0.717) is 0 Å². The van der Waals surface area contributed by atoms with Gasteiger partial charge in [-0.05, 0) is 71.1 Å². The minimum Gasteiger partial charge on any atom is -0.340 e. The summed E-state index contributed by atoms with van der Waals surface area (Å²) in [5, 5.41) is 10.6. The Balaban J connectivity index is 1.24. The van der Waals surface area contributed by atoms with Crippen molar-refractivity contribution in [3.05, 3.63) is 182 Å². The second-order valence-electron chi connectivity index (χ2n) is 17.2. The van der Waals surface area contributed by atoms with E-state index in [4.69, 9.17) is 0 Å². The third-order valence-electron chi connectivity index (χ3n) is 14.1. The van der Waals surface area contributed by atoms with Crippen LogP contribution < -0.4 is 0 Å². The summed E-state index contributed by atoms with van der Waals surface area (Å²) in [6.45, 7) is 6.32. The van der Waals surface area contributed by atoms with Gasteiger partial charge in [0.25, 0.3) is 0 Å². The van der Waals surface area contributed by atoms with Crippen molar-refractivity contribution in [3.8, 4) is 55.6 Å². The molecule has 0 saturated carbocycles. The fraction of sp³-hybridized carbons (Fsp3) is 0.0667. The third kappa shape index (κ3) is 4.84. The third-order valence-corrected chi connectivity index (χ3v) is 16.5. The zero-order valence-corrected chi connectivity index (χ0v) is 37.1. The lowest BCUT2D eigenvalue weighted by atomic mass is 9.80. The molecule has 0 aliphatic carbocycles. The summed E-state index contributed by atoms with van der Waals surface area (Å²) in [7, 11) is 0. The Hall–Kier alpha value is -7.24. The van der Waals surface area contributed by atoms with E-state index in [-0.39, 0.29) is 0 Å². The first-order chi connectivity index (χ1) is 31.7. The normalized spacial score (nSPS) is 12.3. The number of pyridine rings is 2. The first-order valence-electron chi connectivity index (χ1n) is 22.4. The van der Waals surface area contributed by atoms with Crippen molar-refractivity contribution in [1.29, 1.82) is 0 Å². The van der Waals surface area contributed by atoms with Crippen LogP contribution in [0.2, 0.25) is 0 Å². The van der Waals surface area contributed by atoms with E-state index in [0.717, 1.165) is 13.1 Å². The van der Waals surface area contributed by atoms with E-state index in [1.54, 1.807) is 0 Å². The number of fused-ring (bicyclic) bond motifs is 6. The molecular weight excluding hydrogens is 813 g/mol. The zero-order chi connectivity index (χ0) is 42.2. The van der Waals surface area contributed by atoms with Crippen LogP contribution in [-0.4, -0.2) is 9.13 Å². The van der Waals surface area contributed by atoms with Crippen LogP contribution in [-0.2, 0) is 13.1 Å². The molecule has 2 aliphatic heterocycles. The van der Waals surface area contributed by atoms with Crippen LogP contribution >= 0.6 is 22.7 Å². The number of hydrogen-bond acceptors (Lipinski definition) is 2. The van der Waals surface area contributed by atoms with Gasteiger partial charge in [0.05, 0.1) is 22.1 Å². The highest BCUT2D eigenvalue weighted by Crippen LogP contribution is 2.56. The van der Waals surface area contributed by atoms with Crippen LogP contribution in [0.1, 0.15) is 13.8 Å². The van der Waals surface area contributed by atoms with Gasteiger partial charge in [0.15, 0.2) is 0 Å². The van der Waals surface area contributed by atoms with Gasteiger partial charge >= 0.3 is 0 Å². The number of hydrogen-bond donors (Lipinski definition) is 0. The summed E-state index contributed by atoms with van der Waals surface area (Å²) >= 11 is 3.84. The molecule has 2 aromatic heterocycles. The number of benzene rings is 10. The molecule has 0 amide bonds. The van der Waals surface area contributed by atoms with Gasteiger partial charge in [0, 0.05) is 97.6 Å². The van der Waals surface area contributed by atoms with E-state index < -0.39 is 0 Å². The maximum atomic E-state index is 2.67. The molecule has 0 fully saturated rings. The summed E-state index contributed by atoms with van der Waals surface area (Å²) in [6, 6.07) is 68.6. The molecule has 0 saturated heterocycles. The predicted octanol–water partition coefficient (Wildman–Crippen LogP) is 17.9. The molecule has 0 atom stereocenters. The molecule has 12 aromatic rings. The van der Waals surface area contributed by atoms with Gasteiger partial charge in [-0.2, -0.15) is 0 Å². The van der Waals surface area contributed by atoms with Crippen LogP contribution in [0.15, 0.2) is 182 Å². The molecule has 10 aromatic carbocycles. The van der Waals surface area contributed by atoms with Crippen LogP contribution in [0.3, 0.4) is 0 Å². The van der Waals surface area contributed by atoms with E-state index in [9.17, 15) is 0 Å². The van der Waals surface area contributed by atoms with Crippen molar-refractivity contribution in [2.45, 2.75) is 26.9 Å². The first-order valence-corrected chi connectivity index (χ1v) is 24.1. The Morgan fingerprint density at radius 1 is 0.344 bits per heavy atom. The standard InChI is InChI=1S/C60H40N2S2/c1-3-61-49-33-47(35-17-7-5-8-18-35)40-30-32-42(46-26-16-24-44-38-22-12-14-28-52(38)64-60(44)46)58-54(40)55(49)56-50(62(58)4-2)34-48(36-19-9-6-10-20-36)39-29-31-41(57(61)53(39)56)45-25-15-23-43-37-21-11-13-27-51(37)63-59(43)45/h5-34H,3-4H2,1-2H3. The summed E-state index contributed by atoms with van der Waals surface area (Å²) in [4.78, 5) is 0. The molecule has 0 unspecified atom stereocenters. The Labute approximate surface area is 378 Å². The van der Waals surface area contributed by atoms with Crippen molar-refractivity contribution < 1.29 is 0 Å². The van der Waals surface area contributed by atoms with Crippen LogP contribution in [0.5, 0.6) is 0 Å². The van der Waals surface area contributed by atoms with Crippen molar-refractivity contribution in [2.75, 3.05) is 0 Å². The molecule has 0 N–H and O–H groups in total. The summed E-state index contributed by atoms with van der Waals surface area (Å²) in [5.74, 6) is 0. The fourth-order valence-electron chi connectivity index (χ4n) is 11.4. The Bertz CT molecular complexity index is 3870. The molecule has 0 bridgehead atoms. The summed E-state index contributed by atoms with van der Waals surface area (Å²) < 4.78 is 10.7. The quantitative estimate of drug-likeness (QED) is 0.116. The molecule has 4 heterocycles. The van der Waals surface area contributed by atoms with E-state index in [1.165, 1.54) is 140 Å². The SMILES string of the molecule is CCn1c2cc(-c3ccccc3)c3ccc(-c4cccc5c4sc4ccccc45)c4c3c2-c2c3c(ccc(-c5cccc6c5sc5ccccc56)c31)c(-c1ccccc1)cc2n4CC. The summed E-state index contributed by atoms with van der Waals surface area (Å²) in [5.41, 5.74) is 18.0. The fourth-order valence-corrected chi connectivity index (χ4v) is 13.9. The second-order valence-corrected chi connectivity index (χ2v) is 19.3. The first kappa shape index (κ1) is 36.3. The smallest absolute Gasteiger partial charge is 0.0577 e. The zero-order valence-electron chi connectivity index (χ0n) is 35.4. The van der Waals surface area contributed by atoms with Crippen molar-refractivity contribution in [3.63, 3.8) is 0 Å². The topological polar surface area (TPSA) is 9.86 Å². The molecule has 0 spiro atoms. The predicted molar refractivity (Wildman–Crippen MR) is 279 cm³/mol. The molecule has 302 valence electrons. The lowest BCUT2D eigenvalue weighted by molar-refractivity contribution is 0.814. The van der Waals surface area contributed by atoms with Gasteiger partial charge in [-0.1, -0.05) is 158 Å². The van der Waals surface area contributed by atoms with Crippen molar-refractivity contribution in [1.82, 2.24) is 9.13 Å². The highest BCUT2D eigenvalue weighted by Gasteiger charge is 2.31. The Morgan fingerprint density at radius 2 is 0.750 bits per heavy atom. The van der Waals surface area contributed by atoms with Gasteiger partial charge in [0.1, 0.15) is 0 Å². The minimum atomic E-state index is 0.819. The highest BCUT2D eigenvalue weighted by molar-refractivity contribution is 7.26. The minimum absolute atomic E-state index is 0.819. The molecule has 2 nitrogen and oxygen atoms in total. The average Bonchev–Trinajstić information content (AvgIpc) is 3.94. The maximum Gasteiger partial charge on any atom is 0.0577 e. The van der Waals surface area contributed by atoms with Crippen LogP contribution in [0.25, 0.3) is 140 Å². The van der Waals surface area contributed by atoms with Gasteiger partial charge in [-0.25, -0.2) is 0 Å². The van der Waals surface area contributed by atoms with E-state index in [2.05, 4.69) is 205 Å². The number of aromatic nitrogens is 2. The van der Waals surface area contributed by atoms with Crippen molar-refractivity contribution in [2.24, 2.45) is 0 Å². The lowest BCUT2D eigenvalue weighted by Gasteiger charge is -2.32. The molecule has 64 heavy (non-hydrogen) atoms. The largest absolute Gasteiger partial charge is 0.340 e. The van der Waals surface area contributed by atoms with E-state index >= 15 is 0 Å². The highest BCUT2D eigenvalue weighted by atomic mass is 32.1. The molecule has 2 aliphatic rings. The number of aryl methyl sites for hydroxylation is 2. The van der Waals surface area contributed by atoms with Gasteiger partial charge in [-0.3, -0.25) is 0 Å². The lowest BCUT2D eigenvalue weighted by Crippen LogP contribution is -2.12. The molecule has 0 radical (unpaired) electrons. The van der Waals surface area contributed by atoms with E-state index in [1.807, 2.05) is 22.7 Å². The van der Waals surface area contributed by atoms with Gasteiger partial charge in [-0.15, -0.1) is 22.7 Å². The molecule has 4 heteroatoms. The second kappa shape index (κ2) is 13.6. The van der Waals surface area contributed by atoms with Gasteiger partial charge < -0.3 is 9.13 Å². The van der Waals surface area contributed by atoms with Gasteiger partial charge in [0.2, 0.25) is 0 Å². The summed E-state index contributed by atoms with van der Waals surface area (Å²) in [6.07, 6.45) is 0.